The molecule has 10 heteroatoms. The maximum absolute atomic E-state index is 13.0. The summed E-state index contributed by atoms with van der Waals surface area (Å²) in [5, 5.41) is 32.5. The first kappa shape index (κ1) is 26.2. The lowest BCUT2D eigenvalue weighted by Crippen LogP contribution is -2.17. The normalized spacial score (nSPS) is 10.7. The number of aliphatic carboxylic acids is 1. The van der Waals surface area contributed by atoms with Gasteiger partial charge in [0.05, 0.1) is 24.7 Å². The van der Waals surface area contributed by atoms with Crippen LogP contribution >= 0.6 is 0 Å². The number of hydrogen-bond acceptors (Lipinski definition) is 7. The van der Waals surface area contributed by atoms with Crippen molar-refractivity contribution in [2.75, 3.05) is 10.6 Å². The van der Waals surface area contributed by atoms with Gasteiger partial charge in [-0.05, 0) is 67.4 Å². The number of carboxylic acids is 1. The fourth-order valence-corrected chi connectivity index (χ4v) is 3.57. The van der Waals surface area contributed by atoms with Gasteiger partial charge in [0, 0.05) is 29.6 Å². The van der Waals surface area contributed by atoms with Crippen molar-refractivity contribution in [3.05, 3.63) is 82.5 Å². The molecule has 10 nitrogen and oxygen atoms in total. The van der Waals surface area contributed by atoms with Gasteiger partial charge in [0.15, 0.2) is 0 Å². The van der Waals surface area contributed by atoms with Gasteiger partial charge in [-0.2, -0.15) is 0 Å². The summed E-state index contributed by atoms with van der Waals surface area (Å²) in [6.45, 7) is 3.57. The van der Waals surface area contributed by atoms with E-state index in [1.54, 1.807) is 48.5 Å². The van der Waals surface area contributed by atoms with Gasteiger partial charge < -0.3 is 31.3 Å². The monoisotopic (exact) mass is 491 g/mol. The van der Waals surface area contributed by atoms with E-state index in [-0.39, 0.29) is 37.1 Å². The highest BCUT2D eigenvalue weighted by molar-refractivity contribution is 6.07. The third-order valence-electron chi connectivity index (χ3n) is 5.19. The van der Waals surface area contributed by atoms with Crippen molar-refractivity contribution in [2.45, 2.75) is 39.5 Å². The Labute approximate surface area is 208 Å². The van der Waals surface area contributed by atoms with Crippen molar-refractivity contribution < 1.29 is 24.5 Å². The summed E-state index contributed by atoms with van der Waals surface area (Å²) in [7, 11) is 0. The number of nitrogens with two attached hydrogens (primary N) is 1. The number of pyridine rings is 1. The summed E-state index contributed by atoms with van der Waals surface area (Å²) in [6.07, 6.45) is 1.08. The predicted molar refractivity (Wildman–Crippen MR) is 136 cm³/mol. The van der Waals surface area contributed by atoms with Gasteiger partial charge in [0.1, 0.15) is 17.4 Å². The minimum absolute atomic E-state index is 0.0684. The molecule has 0 radical (unpaired) electrons. The standard InChI is InChI=1S/C26H29N5O5/c1-15(2)36-22-11-16(14-32)10-18(21(22)12-23(33)34)13-30-25-20(4-3-9-29-25)26(35)31-19-7-5-17(6-8-19)24(27)28/h3-11,15,32H,12-14H2,1-2H3,(H3,27,28)(H,29,30)(H,31,35)(H,33,34). The molecule has 1 aromatic heterocycles. The van der Waals surface area contributed by atoms with Crippen molar-refractivity contribution >= 4 is 29.2 Å². The summed E-state index contributed by atoms with van der Waals surface area (Å²) < 4.78 is 5.83. The molecule has 3 rings (SSSR count). The molecular weight excluding hydrogens is 462 g/mol. The zero-order valence-corrected chi connectivity index (χ0v) is 20.0. The largest absolute Gasteiger partial charge is 0.491 e. The second-order valence-corrected chi connectivity index (χ2v) is 8.33. The third kappa shape index (κ3) is 6.80. The number of nitrogens with zero attached hydrogens (tertiary/aromatic N) is 1. The van der Waals surface area contributed by atoms with Crippen LogP contribution < -0.4 is 21.1 Å². The third-order valence-corrected chi connectivity index (χ3v) is 5.19. The van der Waals surface area contributed by atoms with Crippen molar-refractivity contribution in [1.29, 1.82) is 5.41 Å². The quantitative estimate of drug-likeness (QED) is 0.175. The predicted octanol–water partition coefficient (Wildman–Crippen LogP) is 3.14. The van der Waals surface area contributed by atoms with Crippen LogP contribution in [0.2, 0.25) is 0 Å². The number of aliphatic hydroxyl groups is 1. The summed E-state index contributed by atoms with van der Waals surface area (Å²) in [5.74, 6) is -0.794. The van der Waals surface area contributed by atoms with Crippen LogP contribution in [-0.4, -0.2) is 39.0 Å². The molecule has 0 aliphatic rings. The SMILES string of the molecule is CC(C)Oc1cc(CO)cc(CNc2ncccc2C(=O)Nc2ccc(C(=N)N)cc2)c1CC(=O)O. The van der Waals surface area contributed by atoms with Crippen molar-refractivity contribution in [1.82, 2.24) is 4.98 Å². The Kier molecular flexibility index (Phi) is 8.58. The van der Waals surface area contributed by atoms with Crippen LogP contribution in [0.5, 0.6) is 5.75 Å². The van der Waals surface area contributed by atoms with E-state index >= 15 is 0 Å². The van der Waals surface area contributed by atoms with Gasteiger partial charge >= 0.3 is 5.97 Å². The van der Waals surface area contributed by atoms with Crippen molar-refractivity contribution in [3.8, 4) is 5.75 Å². The van der Waals surface area contributed by atoms with Crippen LogP contribution in [0.15, 0.2) is 54.7 Å². The molecule has 0 saturated carbocycles. The van der Waals surface area contributed by atoms with Crippen LogP contribution in [-0.2, 0) is 24.4 Å². The number of carbonyl (C=O) groups excluding carboxylic acids is 1. The summed E-state index contributed by atoms with van der Waals surface area (Å²) in [6, 6.07) is 13.2. The molecule has 188 valence electrons. The minimum atomic E-state index is -1.02. The summed E-state index contributed by atoms with van der Waals surface area (Å²) in [4.78, 5) is 28.8. The van der Waals surface area contributed by atoms with Crippen molar-refractivity contribution in [2.24, 2.45) is 5.73 Å². The van der Waals surface area contributed by atoms with E-state index in [4.69, 9.17) is 15.9 Å². The molecule has 0 aliphatic heterocycles. The molecule has 0 spiro atoms. The van der Waals surface area contributed by atoms with E-state index in [0.29, 0.717) is 39.5 Å². The molecule has 0 fully saturated rings. The first-order valence-corrected chi connectivity index (χ1v) is 11.3. The number of ether oxygens (including phenoxy) is 1. The minimum Gasteiger partial charge on any atom is -0.491 e. The van der Waals surface area contributed by atoms with E-state index in [9.17, 15) is 19.8 Å². The van der Waals surface area contributed by atoms with Gasteiger partial charge in [-0.3, -0.25) is 15.0 Å². The summed E-state index contributed by atoms with van der Waals surface area (Å²) in [5.41, 5.74) is 8.48. The molecule has 7 N–H and O–H groups in total. The van der Waals surface area contributed by atoms with Gasteiger partial charge in [0.25, 0.3) is 5.91 Å². The van der Waals surface area contributed by atoms with Gasteiger partial charge in [-0.25, -0.2) is 4.98 Å². The number of hydrogen-bond donors (Lipinski definition) is 6. The van der Waals surface area contributed by atoms with Gasteiger partial charge in [-0.15, -0.1) is 0 Å². The number of nitrogen functional groups attached to an aromatic ring is 1. The number of anilines is 2. The zero-order valence-electron chi connectivity index (χ0n) is 20.0. The lowest BCUT2D eigenvalue weighted by Gasteiger charge is -2.19. The van der Waals surface area contributed by atoms with E-state index < -0.39 is 11.9 Å². The Morgan fingerprint density at radius 3 is 2.50 bits per heavy atom. The van der Waals surface area contributed by atoms with Crippen molar-refractivity contribution in [3.63, 3.8) is 0 Å². The molecule has 0 aliphatic carbocycles. The topological polar surface area (TPSA) is 171 Å². The van der Waals surface area contributed by atoms with E-state index in [0.717, 1.165) is 0 Å². The molecular formula is C26H29N5O5. The average Bonchev–Trinajstić information content (AvgIpc) is 2.84. The molecule has 36 heavy (non-hydrogen) atoms. The number of aromatic nitrogens is 1. The molecule has 1 heterocycles. The number of rotatable bonds is 11. The second kappa shape index (κ2) is 11.8. The lowest BCUT2D eigenvalue weighted by atomic mass is 9.99. The smallest absolute Gasteiger partial charge is 0.307 e. The first-order chi connectivity index (χ1) is 17.2. The van der Waals surface area contributed by atoms with Crippen LogP contribution in [0, 0.1) is 5.41 Å². The van der Waals surface area contributed by atoms with Crippen LogP contribution in [0.1, 0.15) is 46.5 Å². The Morgan fingerprint density at radius 1 is 1.17 bits per heavy atom. The maximum Gasteiger partial charge on any atom is 0.307 e. The molecule has 0 unspecified atom stereocenters. The van der Waals surface area contributed by atoms with Gasteiger partial charge in [-0.1, -0.05) is 6.07 Å². The average molecular weight is 492 g/mol. The van der Waals surface area contributed by atoms with E-state index in [2.05, 4.69) is 15.6 Å². The molecule has 0 saturated heterocycles. The molecule has 3 aromatic rings. The number of amidine groups is 1. The lowest BCUT2D eigenvalue weighted by molar-refractivity contribution is -0.136. The molecule has 1 amide bonds. The Morgan fingerprint density at radius 2 is 1.89 bits per heavy atom. The number of nitrogens with one attached hydrogen (secondary N) is 3. The molecule has 0 bridgehead atoms. The second-order valence-electron chi connectivity index (χ2n) is 8.33. The van der Waals surface area contributed by atoms with Crippen LogP contribution in [0.25, 0.3) is 0 Å². The number of aliphatic hydroxyl groups excluding tert-OH is 1. The fraction of sp³-hybridized carbons (Fsp3) is 0.231. The number of amides is 1. The van der Waals surface area contributed by atoms with Gasteiger partial charge in [0.2, 0.25) is 0 Å². The van der Waals surface area contributed by atoms with Crippen LogP contribution in [0.4, 0.5) is 11.5 Å². The number of carbonyl (C=O) groups is 2. The zero-order chi connectivity index (χ0) is 26.2. The summed E-state index contributed by atoms with van der Waals surface area (Å²) >= 11 is 0. The Balaban J connectivity index is 1.86. The molecule has 0 atom stereocenters. The highest BCUT2D eigenvalue weighted by atomic mass is 16.5. The van der Waals surface area contributed by atoms with E-state index in [1.165, 1.54) is 6.20 Å². The first-order valence-electron chi connectivity index (χ1n) is 11.3. The highest BCUT2D eigenvalue weighted by Gasteiger charge is 2.18. The fourth-order valence-electron chi connectivity index (χ4n) is 3.57. The Hall–Kier alpha value is -4.44. The number of benzene rings is 2. The maximum atomic E-state index is 13.0. The Bertz CT molecular complexity index is 1260. The van der Waals surface area contributed by atoms with Crippen LogP contribution in [0.3, 0.4) is 0 Å². The molecule has 2 aromatic carbocycles. The van der Waals surface area contributed by atoms with E-state index in [1.807, 2.05) is 13.8 Å². The number of carboxylic acid groups (broad SMARTS) is 1. The highest BCUT2D eigenvalue weighted by Crippen LogP contribution is 2.28.